The van der Waals surface area contributed by atoms with Crippen molar-refractivity contribution in [1.82, 2.24) is 5.32 Å². The second-order valence-corrected chi connectivity index (χ2v) is 9.30. The van der Waals surface area contributed by atoms with Crippen molar-refractivity contribution in [3.8, 4) is 6.07 Å². The predicted molar refractivity (Wildman–Crippen MR) is 129 cm³/mol. The number of alkyl halides is 3. The molecule has 1 atom stereocenters. The molecule has 11 heteroatoms. The summed E-state index contributed by atoms with van der Waals surface area (Å²) in [6, 6.07) is 16.6. The normalized spacial score (nSPS) is 17.1. The van der Waals surface area contributed by atoms with Crippen LogP contribution in [0, 0.1) is 11.3 Å². The Morgan fingerprint density at radius 3 is 2.56 bits per heavy atom. The molecule has 3 aromatic rings. The van der Waals surface area contributed by atoms with Crippen molar-refractivity contribution in [2.24, 2.45) is 0 Å². The number of hydrogen-bond donors (Lipinski definition) is 1. The second kappa shape index (κ2) is 10.5. The number of benzene rings is 2. The maximum absolute atomic E-state index is 13.6. The number of nitriles is 1. The molecule has 1 aromatic heterocycles. The second-order valence-electron chi connectivity index (χ2n) is 7.67. The molecule has 0 bridgehead atoms. The summed E-state index contributed by atoms with van der Waals surface area (Å²) in [7, 11) is 0. The molecule has 1 saturated heterocycles. The first-order valence-corrected chi connectivity index (χ1v) is 11.8. The monoisotopic (exact) mass is 531 g/mol. The van der Waals surface area contributed by atoms with Crippen LogP contribution < -0.4 is 10.2 Å². The SMILES string of the molecule is N#C/C(C(=O)NCc1ccco1)=C1/S[C@@H](Cc2cc(Cl)ccc2C(F)(F)F)C(=O)N1c1ccccc1. The van der Waals surface area contributed by atoms with Gasteiger partial charge in [0.25, 0.3) is 5.91 Å². The molecule has 36 heavy (non-hydrogen) atoms. The van der Waals surface area contributed by atoms with Gasteiger partial charge >= 0.3 is 6.18 Å². The predicted octanol–water partition coefficient (Wildman–Crippen LogP) is 5.69. The molecule has 0 radical (unpaired) electrons. The van der Waals surface area contributed by atoms with Gasteiger partial charge in [0, 0.05) is 10.7 Å². The van der Waals surface area contributed by atoms with E-state index in [1.54, 1.807) is 42.5 Å². The van der Waals surface area contributed by atoms with E-state index in [1.165, 1.54) is 17.2 Å². The van der Waals surface area contributed by atoms with Crippen molar-refractivity contribution in [2.75, 3.05) is 4.90 Å². The number of nitrogens with zero attached hydrogens (tertiary/aromatic N) is 2. The average Bonchev–Trinajstić information content (AvgIpc) is 3.46. The van der Waals surface area contributed by atoms with Gasteiger partial charge in [0.1, 0.15) is 22.4 Å². The van der Waals surface area contributed by atoms with Crippen LogP contribution >= 0.6 is 23.4 Å². The number of halogens is 4. The average molecular weight is 532 g/mol. The van der Waals surface area contributed by atoms with E-state index in [0.717, 1.165) is 23.9 Å². The fourth-order valence-corrected chi connectivity index (χ4v) is 5.17. The number of rotatable bonds is 6. The number of furan rings is 1. The van der Waals surface area contributed by atoms with Crippen LogP contribution in [0.3, 0.4) is 0 Å². The summed E-state index contributed by atoms with van der Waals surface area (Å²) in [6.45, 7) is 0.00906. The molecule has 1 aliphatic heterocycles. The number of thioether (sulfide) groups is 1. The highest BCUT2D eigenvalue weighted by molar-refractivity contribution is 8.05. The molecular weight excluding hydrogens is 515 g/mol. The number of hydrogen-bond acceptors (Lipinski definition) is 5. The first-order valence-electron chi connectivity index (χ1n) is 10.5. The van der Waals surface area contributed by atoms with Crippen LogP contribution in [0.25, 0.3) is 0 Å². The van der Waals surface area contributed by atoms with E-state index in [1.807, 2.05) is 6.07 Å². The molecule has 1 fully saturated rings. The third kappa shape index (κ3) is 5.42. The molecule has 1 aliphatic rings. The Bertz CT molecular complexity index is 1350. The summed E-state index contributed by atoms with van der Waals surface area (Å²) in [6.07, 6.45) is -3.52. The number of carbonyl (C=O) groups excluding carboxylic acids is 2. The zero-order valence-electron chi connectivity index (χ0n) is 18.4. The van der Waals surface area contributed by atoms with Gasteiger partial charge in [0.15, 0.2) is 0 Å². The van der Waals surface area contributed by atoms with Crippen molar-refractivity contribution >= 4 is 40.9 Å². The minimum Gasteiger partial charge on any atom is -0.467 e. The smallest absolute Gasteiger partial charge is 0.416 e. The first-order chi connectivity index (χ1) is 17.2. The maximum atomic E-state index is 13.6. The van der Waals surface area contributed by atoms with E-state index in [4.69, 9.17) is 16.0 Å². The van der Waals surface area contributed by atoms with Gasteiger partial charge in [0.2, 0.25) is 5.91 Å². The summed E-state index contributed by atoms with van der Waals surface area (Å²) in [5, 5.41) is 11.5. The zero-order valence-corrected chi connectivity index (χ0v) is 20.0. The van der Waals surface area contributed by atoms with Crippen LogP contribution in [0.2, 0.25) is 5.02 Å². The molecular formula is C25H17ClF3N3O3S. The van der Waals surface area contributed by atoms with Gasteiger partial charge < -0.3 is 9.73 Å². The number of nitrogens with one attached hydrogen (secondary N) is 1. The van der Waals surface area contributed by atoms with E-state index in [0.29, 0.717) is 11.4 Å². The molecule has 1 N–H and O–H groups in total. The van der Waals surface area contributed by atoms with Gasteiger partial charge in [-0.15, -0.1) is 0 Å². The quantitative estimate of drug-likeness (QED) is 0.326. The van der Waals surface area contributed by atoms with E-state index < -0.39 is 28.8 Å². The fraction of sp³-hybridized carbons (Fsp3) is 0.160. The molecule has 0 saturated carbocycles. The van der Waals surface area contributed by atoms with Gasteiger partial charge in [0.05, 0.1) is 23.6 Å². The van der Waals surface area contributed by atoms with Crippen molar-refractivity contribution in [3.05, 3.63) is 99.4 Å². The Hall–Kier alpha value is -3.68. The highest BCUT2D eigenvalue weighted by Crippen LogP contribution is 2.43. The third-order valence-electron chi connectivity index (χ3n) is 5.30. The summed E-state index contributed by atoms with van der Waals surface area (Å²) >= 11 is 6.82. The van der Waals surface area contributed by atoms with Crippen LogP contribution in [-0.4, -0.2) is 17.1 Å². The van der Waals surface area contributed by atoms with Crippen molar-refractivity contribution in [1.29, 1.82) is 5.26 Å². The third-order valence-corrected chi connectivity index (χ3v) is 6.80. The summed E-state index contributed by atoms with van der Waals surface area (Å²) < 4.78 is 46.0. The van der Waals surface area contributed by atoms with E-state index in [-0.39, 0.29) is 34.2 Å². The van der Waals surface area contributed by atoms with Gasteiger partial charge in [-0.2, -0.15) is 18.4 Å². The molecule has 2 amide bonds. The maximum Gasteiger partial charge on any atom is 0.416 e. The van der Waals surface area contributed by atoms with Crippen LogP contribution in [0.1, 0.15) is 16.9 Å². The van der Waals surface area contributed by atoms with Crippen LogP contribution in [0.15, 0.2) is 81.9 Å². The molecule has 184 valence electrons. The van der Waals surface area contributed by atoms with E-state index in [9.17, 15) is 28.0 Å². The Morgan fingerprint density at radius 2 is 1.92 bits per heavy atom. The summed E-state index contributed by atoms with van der Waals surface area (Å²) in [5.41, 5.74) is -1.02. The van der Waals surface area contributed by atoms with Gasteiger partial charge in [-0.05, 0) is 54.4 Å². The number of para-hydroxylation sites is 1. The van der Waals surface area contributed by atoms with Crippen molar-refractivity contribution in [2.45, 2.75) is 24.4 Å². The highest BCUT2D eigenvalue weighted by atomic mass is 35.5. The van der Waals surface area contributed by atoms with Gasteiger partial charge in [-0.25, -0.2) is 0 Å². The van der Waals surface area contributed by atoms with Crippen molar-refractivity contribution in [3.63, 3.8) is 0 Å². The zero-order chi connectivity index (χ0) is 25.9. The molecule has 0 unspecified atom stereocenters. The standard InChI is InChI=1S/C25H17ClF3N3O3S/c26-16-8-9-20(25(27,28)29)15(11-16)12-21-23(34)32(17-5-2-1-3-6-17)24(36-21)19(13-30)22(33)31-14-18-7-4-10-35-18/h1-11,21H,12,14H2,(H,31,33)/b24-19-/t21-/m0/s1. The molecule has 4 rings (SSSR count). The molecule has 6 nitrogen and oxygen atoms in total. The number of anilines is 1. The number of amides is 2. The Balaban J connectivity index is 1.71. The highest BCUT2D eigenvalue weighted by Gasteiger charge is 2.42. The van der Waals surface area contributed by atoms with Gasteiger partial charge in [-0.1, -0.05) is 41.6 Å². The number of carbonyl (C=O) groups is 2. The molecule has 0 aliphatic carbocycles. The van der Waals surface area contributed by atoms with E-state index in [2.05, 4.69) is 5.32 Å². The van der Waals surface area contributed by atoms with Crippen molar-refractivity contribution < 1.29 is 27.2 Å². The van der Waals surface area contributed by atoms with E-state index >= 15 is 0 Å². The summed E-state index contributed by atoms with van der Waals surface area (Å²) in [4.78, 5) is 27.5. The first kappa shape index (κ1) is 25.4. The lowest BCUT2D eigenvalue weighted by atomic mass is 10.0. The van der Waals surface area contributed by atoms with Crippen LogP contribution in [0.4, 0.5) is 18.9 Å². The molecule has 2 aromatic carbocycles. The molecule has 0 spiro atoms. The lowest BCUT2D eigenvalue weighted by molar-refractivity contribution is -0.138. The fourth-order valence-electron chi connectivity index (χ4n) is 3.68. The van der Waals surface area contributed by atoms with Crippen LogP contribution in [-0.2, 0) is 28.7 Å². The molecule has 2 heterocycles. The Kier molecular flexibility index (Phi) is 7.43. The minimum atomic E-state index is -4.65. The van der Waals surface area contributed by atoms with Gasteiger partial charge in [-0.3, -0.25) is 14.5 Å². The topological polar surface area (TPSA) is 86.3 Å². The Morgan fingerprint density at radius 1 is 1.17 bits per heavy atom. The minimum absolute atomic E-state index is 0.00906. The Labute approximate surface area is 213 Å². The lowest BCUT2D eigenvalue weighted by Gasteiger charge is -2.19. The largest absolute Gasteiger partial charge is 0.467 e. The summed E-state index contributed by atoms with van der Waals surface area (Å²) in [5.74, 6) is -0.843. The van der Waals surface area contributed by atoms with Crippen LogP contribution in [0.5, 0.6) is 0 Å². The lowest BCUT2D eigenvalue weighted by Crippen LogP contribution is -2.32.